The molecule has 30 heavy (non-hydrogen) atoms. The van der Waals surface area contributed by atoms with E-state index in [1.54, 1.807) is 23.6 Å². The van der Waals surface area contributed by atoms with Crippen LogP contribution < -0.4 is 5.32 Å². The largest absolute Gasteiger partial charge is 0.368 e. The highest BCUT2D eigenvalue weighted by Crippen LogP contribution is 2.18. The van der Waals surface area contributed by atoms with E-state index in [-0.39, 0.29) is 17.7 Å². The number of ether oxygens (including phenoxy) is 1. The van der Waals surface area contributed by atoms with E-state index in [0.717, 1.165) is 18.6 Å². The van der Waals surface area contributed by atoms with Crippen LogP contribution in [0.15, 0.2) is 18.2 Å². The van der Waals surface area contributed by atoms with E-state index in [1.807, 2.05) is 0 Å². The summed E-state index contributed by atoms with van der Waals surface area (Å²) in [5.41, 5.74) is -0.706. The number of nitrogens with one attached hydrogen (secondary N) is 1. The molecule has 9 heteroatoms. The lowest BCUT2D eigenvalue weighted by Crippen LogP contribution is -2.58. The van der Waals surface area contributed by atoms with Gasteiger partial charge in [0.2, 0.25) is 5.91 Å². The molecule has 164 valence electrons. The molecule has 2 fully saturated rings. The number of amides is 3. The van der Waals surface area contributed by atoms with Gasteiger partial charge >= 0.3 is 0 Å². The SMILES string of the molecule is CC(C)[C@H](NC(=O)c1c(F)cccc1F)C(=O)N1CCN(C(=O)[C@H]2CCCO2)CC1. The molecule has 1 aromatic carbocycles. The predicted octanol–water partition coefficient (Wildman–Crippen LogP) is 1.57. The van der Waals surface area contributed by atoms with Gasteiger partial charge in [0.15, 0.2) is 0 Å². The quantitative estimate of drug-likeness (QED) is 0.780. The molecule has 0 saturated carbocycles. The van der Waals surface area contributed by atoms with E-state index in [2.05, 4.69) is 5.32 Å². The van der Waals surface area contributed by atoms with Crippen LogP contribution >= 0.6 is 0 Å². The highest BCUT2D eigenvalue weighted by atomic mass is 19.1. The molecule has 0 aromatic heterocycles. The minimum absolute atomic E-state index is 0.0525. The third kappa shape index (κ3) is 4.77. The van der Waals surface area contributed by atoms with Crippen LogP contribution in [0.5, 0.6) is 0 Å². The van der Waals surface area contributed by atoms with E-state index in [4.69, 9.17) is 4.74 Å². The lowest BCUT2D eigenvalue weighted by Gasteiger charge is -2.38. The molecule has 2 saturated heterocycles. The summed E-state index contributed by atoms with van der Waals surface area (Å²) < 4.78 is 33.3. The Hall–Kier alpha value is -2.55. The molecule has 0 radical (unpaired) electrons. The van der Waals surface area contributed by atoms with Gasteiger partial charge in [-0.15, -0.1) is 0 Å². The Balaban J connectivity index is 1.62. The summed E-state index contributed by atoms with van der Waals surface area (Å²) in [4.78, 5) is 41.2. The number of halogens is 2. The van der Waals surface area contributed by atoms with Crippen molar-refractivity contribution in [2.24, 2.45) is 5.92 Å². The smallest absolute Gasteiger partial charge is 0.257 e. The molecular weight excluding hydrogens is 396 g/mol. The molecular formula is C21H27F2N3O4. The monoisotopic (exact) mass is 423 g/mol. The number of rotatable bonds is 5. The van der Waals surface area contributed by atoms with Gasteiger partial charge in [-0.2, -0.15) is 0 Å². The second kappa shape index (κ2) is 9.51. The summed E-state index contributed by atoms with van der Waals surface area (Å²) in [6, 6.07) is 2.23. The number of nitrogens with zero attached hydrogens (tertiary/aromatic N) is 2. The van der Waals surface area contributed by atoms with Crippen molar-refractivity contribution in [3.05, 3.63) is 35.4 Å². The molecule has 0 unspecified atom stereocenters. The van der Waals surface area contributed by atoms with Crippen molar-refractivity contribution in [2.75, 3.05) is 32.8 Å². The topological polar surface area (TPSA) is 79.0 Å². The van der Waals surface area contributed by atoms with Crippen LogP contribution in [0.2, 0.25) is 0 Å². The summed E-state index contributed by atoms with van der Waals surface area (Å²) >= 11 is 0. The fourth-order valence-corrected chi connectivity index (χ4v) is 3.76. The normalized spacial score (nSPS) is 20.4. The first-order valence-corrected chi connectivity index (χ1v) is 10.2. The van der Waals surface area contributed by atoms with Crippen LogP contribution in [-0.2, 0) is 14.3 Å². The van der Waals surface area contributed by atoms with Crippen LogP contribution in [-0.4, -0.2) is 72.5 Å². The maximum Gasteiger partial charge on any atom is 0.257 e. The van der Waals surface area contributed by atoms with E-state index in [0.29, 0.717) is 39.2 Å². The highest BCUT2D eigenvalue weighted by Gasteiger charge is 2.35. The van der Waals surface area contributed by atoms with Gasteiger partial charge in [0.1, 0.15) is 29.3 Å². The Labute approximate surface area is 174 Å². The second-order valence-electron chi connectivity index (χ2n) is 7.94. The highest BCUT2D eigenvalue weighted by molar-refractivity contribution is 5.98. The van der Waals surface area contributed by atoms with Crippen LogP contribution in [0.3, 0.4) is 0 Å². The lowest BCUT2D eigenvalue weighted by atomic mass is 10.0. The third-order valence-corrected chi connectivity index (χ3v) is 5.52. The van der Waals surface area contributed by atoms with E-state index in [9.17, 15) is 23.2 Å². The third-order valence-electron chi connectivity index (χ3n) is 5.52. The number of hydrogen-bond donors (Lipinski definition) is 1. The standard InChI is InChI=1S/C21H27F2N3O4/c1-13(2)18(24-19(27)17-14(22)5-3-6-15(17)23)21(29)26-10-8-25(9-11-26)20(28)16-7-4-12-30-16/h3,5-6,13,16,18H,4,7-12H2,1-2H3,(H,24,27)/t16-,18+/m1/s1. The van der Waals surface area contributed by atoms with E-state index < -0.39 is 35.3 Å². The minimum Gasteiger partial charge on any atom is -0.368 e. The van der Waals surface area contributed by atoms with Crippen molar-refractivity contribution in [1.29, 1.82) is 0 Å². The summed E-state index contributed by atoms with van der Waals surface area (Å²) in [5.74, 6) is -3.61. The first-order valence-electron chi connectivity index (χ1n) is 10.2. The average Bonchev–Trinajstić information content (AvgIpc) is 3.25. The van der Waals surface area contributed by atoms with Crippen LogP contribution in [0.4, 0.5) is 8.78 Å². The molecule has 0 aliphatic carbocycles. The molecule has 3 rings (SSSR count). The maximum atomic E-state index is 13.9. The maximum absolute atomic E-state index is 13.9. The zero-order valence-electron chi connectivity index (χ0n) is 17.2. The van der Waals surface area contributed by atoms with Gasteiger partial charge in [0, 0.05) is 32.8 Å². The summed E-state index contributed by atoms with van der Waals surface area (Å²) in [6.45, 7) is 5.49. The molecule has 2 atom stereocenters. The molecule has 2 heterocycles. The molecule has 3 amide bonds. The average molecular weight is 423 g/mol. The Morgan fingerprint density at radius 2 is 1.67 bits per heavy atom. The van der Waals surface area contributed by atoms with Gasteiger partial charge < -0.3 is 19.9 Å². The van der Waals surface area contributed by atoms with Crippen molar-refractivity contribution < 1.29 is 27.9 Å². The lowest BCUT2D eigenvalue weighted by molar-refractivity contribution is -0.146. The predicted molar refractivity (Wildman–Crippen MR) is 105 cm³/mol. The van der Waals surface area contributed by atoms with Gasteiger partial charge in [0.05, 0.1) is 0 Å². The van der Waals surface area contributed by atoms with Crippen molar-refractivity contribution in [3.63, 3.8) is 0 Å². The Kier molecular flexibility index (Phi) is 7.02. The molecule has 1 aromatic rings. The zero-order chi connectivity index (χ0) is 21.8. The summed E-state index contributed by atoms with van der Waals surface area (Å²) in [7, 11) is 0. The Morgan fingerprint density at radius 3 is 2.20 bits per heavy atom. The molecule has 1 N–H and O–H groups in total. The number of carbonyl (C=O) groups excluding carboxylic acids is 3. The molecule has 0 spiro atoms. The molecule has 2 aliphatic heterocycles. The molecule has 2 aliphatic rings. The fourth-order valence-electron chi connectivity index (χ4n) is 3.76. The van der Waals surface area contributed by atoms with Crippen molar-refractivity contribution >= 4 is 17.7 Å². The minimum atomic E-state index is -0.983. The number of carbonyl (C=O) groups is 3. The van der Waals surface area contributed by atoms with Gasteiger partial charge in [-0.25, -0.2) is 8.78 Å². The molecule has 7 nitrogen and oxygen atoms in total. The van der Waals surface area contributed by atoms with Gasteiger partial charge in [-0.1, -0.05) is 19.9 Å². The van der Waals surface area contributed by atoms with E-state index >= 15 is 0 Å². The van der Waals surface area contributed by atoms with Gasteiger partial charge in [-0.3, -0.25) is 14.4 Å². The fraction of sp³-hybridized carbons (Fsp3) is 0.571. The van der Waals surface area contributed by atoms with Crippen LogP contribution in [0.25, 0.3) is 0 Å². The number of benzene rings is 1. The summed E-state index contributed by atoms with van der Waals surface area (Å²) in [6.07, 6.45) is 1.19. The number of hydrogen-bond acceptors (Lipinski definition) is 4. The first kappa shape index (κ1) is 22.1. The Bertz CT molecular complexity index is 783. The van der Waals surface area contributed by atoms with Crippen molar-refractivity contribution in [3.8, 4) is 0 Å². The van der Waals surface area contributed by atoms with Gasteiger partial charge in [0.25, 0.3) is 11.8 Å². The summed E-state index contributed by atoms with van der Waals surface area (Å²) in [5, 5.41) is 2.48. The number of piperazine rings is 1. The second-order valence-corrected chi connectivity index (χ2v) is 7.94. The van der Waals surface area contributed by atoms with Crippen molar-refractivity contribution in [2.45, 2.75) is 38.8 Å². The van der Waals surface area contributed by atoms with Crippen LogP contribution in [0, 0.1) is 17.6 Å². The van der Waals surface area contributed by atoms with Crippen LogP contribution in [0.1, 0.15) is 37.0 Å². The van der Waals surface area contributed by atoms with E-state index in [1.165, 1.54) is 6.07 Å². The molecule has 0 bridgehead atoms. The Morgan fingerprint density at radius 1 is 1.07 bits per heavy atom. The van der Waals surface area contributed by atoms with Gasteiger partial charge in [-0.05, 0) is 30.9 Å². The van der Waals surface area contributed by atoms with Crippen molar-refractivity contribution in [1.82, 2.24) is 15.1 Å². The zero-order valence-corrected chi connectivity index (χ0v) is 17.2. The first-order chi connectivity index (χ1) is 14.3.